The molecular formula is C25H26N4O4. The number of nitrogens with two attached hydrogens (primary N) is 2. The molecule has 3 aromatic carbocycles. The van der Waals surface area contributed by atoms with Crippen molar-refractivity contribution in [3.8, 4) is 5.75 Å². The highest BCUT2D eigenvalue weighted by molar-refractivity contribution is 6.06. The first-order chi connectivity index (χ1) is 15.9. The van der Waals surface area contributed by atoms with Crippen molar-refractivity contribution in [2.45, 2.75) is 25.0 Å². The highest BCUT2D eigenvalue weighted by Gasteiger charge is 2.34. The molecule has 33 heavy (non-hydrogen) atoms. The lowest BCUT2D eigenvalue weighted by Crippen LogP contribution is -2.16. The summed E-state index contributed by atoms with van der Waals surface area (Å²) in [5, 5.41) is 5.40. The van der Waals surface area contributed by atoms with Gasteiger partial charge in [-0.1, -0.05) is 36.4 Å². The van der Waals surface area contributed by atoms with Crippen LogP contribution >= 0.6 is 0 Å². The van der Waals surface area contributed by atoms with Crippen LogP contribution in [-0.2, 0) is 11.3 Å². The van der Waals surface area contributed by atoms with Crippen molar-refractivity contribution in [1.82, 2.24) is 0 Å². The minimum absolute atomic E-state index is 0.129. The standard InChI is InChI=1S/C25H26N4O4/c1-32-23-12-17(24(30)28-21-5-3-2-4-19(21)26)10-11-22(23)29-25(31)33-14-15-6-8-16(9-7-15)18-13-20(18)27/h2-12,18,20H,13-14,26-27H2,1H3,(H,28,30)(H,29,31). The summed E-state index contributed by atoms with van der Waals surface area (Å²) >= 11 is 0. The number of carbonyl (C=O) groups is 2. The molecule has 170 valence electrons. The average molecular weight is 447 g/mol. The van der Waals surface area contributed by atoms with Crippen molar-refractivity contribution < 1.29 is 19.1 Å². The molecule has 3 aromatic rings. The van der Waals surface area contributed by atoms with Crippen LogP contribution in [0.1, 0.15) is 33.8 Å². The van der Waals surface area contributed by atoms with Gasteiger partial charge in [0.05, 0.1) is 24.2 Å². The fraction of sp³-hybridized carbons (Fsp3) is 0.200. The van der Waals surface area contributed by atoms with Gasteiger partial charge in [0.15, 0.2) is 0 Å². The summed E-state index contributed by atoms with van der Waals surface area (Å²) < 4.78 is 10.7. The van der Waals surface area contributed by atoms with E-state index in [1.54, 1.807) is 36.4 Å². The van der Waals surface area contributed by atoms with Gasteiger partial charge in [-0.25, -0.2) is 4.79 Å². The van der Waals surface area contributed by atoms with Gasteiger partial charge in [-0.2, -0.15) is 0 Å². The zero-order valence-corrected chi connectivity index (χ0v) is 18.2. The Balaban J connectivity index is 1.35. The number of anilines is 3. The van der Waals surface area contributed by atoms with Gasteiger partial charge < -0.3 is 26.3 Å². The van der Waals surface area contributed by atoms with Crippen molar-refractivity contribution in [2.24, 2.45) is 5.73 Å². The van der Waals surface area contributed by atoms with E-state index in [9.17, 15) is 9.59 Å². The molecular weight excluding hydrogens is 420 g/mol. The van der Waals surface area contributed by atoms with E-state index >= 15 is 0 Å². The average Bonchev–Trinajstić information content (AvgIpc) is 3.56. The van der Waals surface area contributed by atoms with Crippen LogP contribution < -0.4 is 26.8 Å². The first-order valence-electron chi connectivity index (χ1n) is 10.6. The molecule has 2 unspecified atom stereocenters. The molecule has 0 heterocycles. The van der Waals surface area contributed by atoms with Gasteiger partial charge in [0.1, 0.15) is 12.4 Å². The van der Waals surface area contributed by atoms with Crippen LogP contribution in [0.5, 0.6) is 5.75 Å². The van der Waals surface area contributed by atoms with Crippen LogP contribution in [0.15, 0.2) is 66.7 Å². The van der Waals surface area contributed by atoms with Gasteiger partial charge in [0, 0.05) is 17.5 Å². The molecule has 0 bridgehead atoms. The summed E-state index contributed by atoms with van der Waals surface area (Å²) in [6, 6.07) is 19.8. The predicted octanol–water partition coefficient (Wildman–Crippen LogP) is 4.09. The summed E-state index contributed by atoms with van der Waals surface area (Å²) in [7, 11) is 1.45. The molecule has 8 heteroatoms. The largest absolute Gasteiger partial charge is 0.495 e. The van der Waals surface area contributed by atoms with Gasteiger partial charge >= 0.3 is 6.09 Å². The lowest BCUT2D eigenvalue weighted by Gasteiger charge is -2.13. The topological polar surface area (TPSA) is 129 Å². The third-order valence-corrected chi connectivity index (χ3v) is 5.53. The van der Waals surface area contributed by atoms with Gasteiger partial charge in [0.2, 0.25) is 0 Å². The van der Waals surface area contributed by atoms with Crippen LogP contribution in [0.2, 0.25) is 0 Å². The van der Waals surface area contributed by atoms with Gasteiger partial charge in [-0.3, -0.25) is 10.1 Å². The SMILES string of the molecule is COc1cc(C(=O)Nc2ccccc2N)ccc1NC(=O)OCc1ccc(C2CC2N)cc1. The van der Waals surface area contributed by atoms with Crippen LogP contribution in [0.25, 0.3) is 0 Å². The molecule has 1 fully saturated rings. The third kappa shape index (κ3) is 5.42. The Morgan fingerprint density at radius 3 is 2.39 bits per heavy atom. The summed E-state index contributed by atoms with van der Waals surface area (Å²) in [6.07, 6.45) is 0.386. The monoisotopic (exact) mass is 446 g/mol. The fourth-order valence-electron chi connectivity index (χ4n) is 3.49. The van der Waals surface area contributed by atoms with Crippen LogP contribution in [0.3, 0.4) is 0 Å². The van der Waals surface area contributed by atoms with Crippen molar-refractivity contribution in [1.29, 1.82) is 0 Å². The first-order valence-corrected chi connectivity index (χ1v) is 10.6. The third-order valence-electron chi connectivity index (χ3n) is 5.53. The summed E-state index contributed by atoms with van der Waals surface area (Å²) in [6.45, 7) is 0.129. The zero-order valence-electron chi connectivity index (χ0n) is 18.2. The highest BCUT2D eigenvalue weighted by atomic mass is 16.5. The van der Waals surface area contributed by atoms with E-state index in [1.165, 1.54) is 18.7 Å². The molecule has 1 saturated carbocycles. The second kappa shape index (κ2) is 9.62. The Hall–Kier alpha value is -4.04. The van der Waals surface area contributed by atoms with E-state index in [1.807, 2.05) is 24.3 Å². The smallest absolute Gasteiger partial charge is 0.412 e. The number of rotatable bonds is 7. The molecule has 1 aliphatic carbocycles. The van der Waals surface area contributed by atoms with E-state index in [-0.39, 0.29) is 18.6 Å². The number of nitrogen functional groups attached to an aromatic ring is 1. The van der Waals surface area contributed by atoms with Crippen molar-refractivity contribution in [3.05, 3.63) is 83.4 Å². The molecule has 0 spiro atoms. The van der Waals surface area contributed by atoms with E-state index in [4.69, 9.17) is 20.9 Å². The van der Waals surface area contributed by atoms with E-state index < -0.39 is 6.09 Å². The maximum atomic E-state index is 12.6. The molecule has 0 saturated heterocycles. The number of hydrogen-bond acceptors (Lipinski definition) is 6. The maximum Gasteiger partial charge on any atom is 0.412 e. The molecule has 2 atom stereocenters. The first kappa shape index (κ1) is 22.2. The Morgan fingerprint density at radius 2 is 1.73 bits per heavy atom. The Morgan fingerprint density at radius 1 is 1.00 bits per heavy atom. The minimum atomic E-state index is -0.629. The summed E-state index contributed by atoms with van der Waals surface area (Å²) in [5.41, 5.74) is 15.6. The zero-order chi connectivity index (χ0) is 23.4. The molecule has 2 amide bonds. The number of para-hydroxylation sites is 2. The van der Waals surface area contributed by atoms with Gasteiger partial charge in [-0.05, 0) is 47.9 Å². The van der Waals surface area contributed by atoms with Crippen LogP contribution in [0.4, 0.5) is 21.9 Å². The predicted molar refractivity (Wildman–Crippen MR) is 127 cm³/mol. The second-order valence-electron chi connectivity index (χ2n) is 7.91. The number of nitrogens with one attached hydrogen (secondary N) is 2. The van der Waals surface area contributed by atoms with Crippen molar-refractivity contribution >= 4 is 29.1 Å². The Labute approximate surface area is 191 Å². The lowest BCUT2D eigenvalue weighted by molar-refractivity contribution is 0.102. The lowest BCUT2D eigenvalue weighted by atomic mass is 10.1. The van der Waals surface area contributed by atoms with Crippen molar-refractivity contribution in [2.75, 3.05) is 23.5 Å². The molecule has 8 nitrogen and oxygen atoms in total. The number of ether oxygens (including phenoxy) is 2. The van der Waals surface area contributed by atoms with Crippen molar-refractivity contribution in [3.63, 3.8) is 0 Å². The molecule has 4 rings (SSSR count). The number of hydrogen-bond donors (Lipinski definition) is 4. The summed E-state index contributed by atoms with van der Waals surface area (Å²) in [5.74, 6) is 0.410. The van der Waals surface area contributed by atoms with Gasteiger partial charge in [0.25, 0.3) is 5.91 Å². The molecule has 1 aliphatic rings. The number of benzene rings is 3. The second-order valence-corrected chi connectivity index (χ2v) is 7.91. The van der Waals surface area contributed by atoms with E-state index in [0.717, 1.165) is 12.0 Å². The fourth-order valence-corrected chi connectivity index (χ4v) is 3.49. The number of methoxy groups -OCH3 is 1. The quantitative estimate of drug-likeness (QED) is 0.405. The molecule has 0 aromatic heterocycles. The minimum Gasteiger partial charge on any atom is -0.495 e. The normalized spacial score (nSPS) is 16.5. The Bertz CT molecular complexity index is 1160. The number of amides is 2. The summed E-state index contributed by atoms with van der Waals surface area (Å²) in [4.78, 5) is 24.9. The molecule has 0 radical (unpaired) electrons. The highest BCUT2D eigenvalue weighted by Crippen LogP contribution is 2.38. The van der Waals surface area contributed by atoms with Crippen LogP contribution in [-0.4, -0.2) is 25.2 Å². The van der Waals surface area contributed by atoms with Gasteiger partial charge in [-0.15, -0.1) is 0 Å². The molecule has 6 N–H and O–H groups in total. The molecule has 0 aliphatic heterocycles. The number of carbonyl (C=O) groups excluding carboxylic acids is 2. The maximum absolute atomic E-state index is 12.6. The Kier molecular flexibility index (Phi) is 6.46. The van der Waals surface area contributed by atoms with Crippen LogP contribution in [0, 0.1) is 0 Å². The van der Waals surface area contributed by atoms with E-state index in [2.05, 4.69) is 10.6 Å². The van der Waals surface area contributed by atoms with E-state index in [0.29, 0.717) is 34.3 Å².